The third-order valence-electron chi connectivity index (χ3n) is 1.88. The Labute approximate surface area is 105 Å². The zero-order chi connectivity index (χ0) is 14.1. The van der Waals surface area contributed by atoms with Gasteiger partial charge in [-0.2, -0.15) is 18.4 Å². The summed E-state index contributed by atoms with van der Waals surface area (Å²) in [6, 6.07) is 1.08. The number of thioether (sulfide) groups is 1. The van der Waals surface area contributed by atoms with Gasteiger partial charge in [0.2, 0.25) is 10.0 Å². The Morgan fingerprint density at radius 1 is 1.33 bits per heavy atom. The predicted molar refractivity (Wildman–Crippen MR) is 58.7 cm³/mol. The quantitative estimate of drug-likeness (QED) is 0.488. The Bertz CT molecular complexity index is 620. The first-order valence-corrected chi connectivity index (χ1v) is 6.53. The second-order valence-electron chi connectivity index (χ2n) is 3.12. The highest BCUT2D eigenvalue weighted by Gasteiger charge is 2.35. The van der Waals surface area contributed by atoms with E-state index >= 15 is 0 Å². The van der Waals surface area contributed by atoms with Crippen molar-refractivity contribution in [1.82, 2.24) is 0 Å². The van der Waals surface area contributed by atoms with Gasteiger partial charge in [-0.3, -0.25) is 0 Å². The number of primary sulfonamides is 1. The lowest BCUT2D eigenvalue weighted by molar-refractivity contribution is -0.139. The Hall–Kier alpha value is -1.44. The number of nitrogens with two attached hydrogens (primary N) is 2. The van der Waals surface area contributed by atoms with Gasteiger partial charge in [-0.25, -0.2) is 13.6 Å². The Morgan fingerprint density at radius 3 is 2.28 bits per heavy atom. The Kier molecular flexibility index (Phi) is 3.80. The molecule has 0 aliphatic rings. The minimum absolute atomic E-state index is 0.178. The lowest BCUT2D eigenvalue weighted by Crippen LogP contribution is -2.16. The fraction of sp³-hybridized carbons (Fsp3) is 0.125. The third-order valence-corrected chi connectivity index (χ3v) is 3.50. The van der Waals surface area contributed by atoms with Crippen molar-refractivity contribution in [2.75, 3.05) is 5.73 Å². The third kappa shape index (κ3) is 3.06. The van der Waals surface area contributed by atoms with Gasteiger partial charge in [-0.1, -0.05) is 0 Å². The van der Waals surface area contributed by atoms with E-state index in [0.29, 0.717) is 12.1 Å². The number of alkyl halides is 3. The van der Waals surface area contributed by atoms with Gasteiger partial charge < -0.3 is 5.73 Å². The van der Waals surface area contributed by atoms with Crippen LogP contribution in [0.3, 0.4) is 0 Å². The number of thiocyanates is 1. The Morgan fingerprint density at radius 2 is 1.89 bits per heavy atom. The molecular weight excluding hydrogens is 291 g/mol. The minimum Gasteiger partial charge on any atom is -0.398 e. The number of anilines is 1. The Balaban J connectivity index is 3.61. The second-order valence-corrected chi connectivity index (χ2v) is 5.48. The summed E-state index contributed by atoms with van der Waals surface area (Å²) < 4.78 is 60.1. The summed E-state index contributed by atoms with van der Waals surface area (Å²) in [5, 5.41) is 14.6. The van der Waals surface area contributed by atoms with Crippen molar-refractivity contribution in [3.05, 3.63) is 17.7 Å². The number of nitrogen functional groups attached to an aromatic ring is 1. The largest absolute Gasteiger partial charge is 0.417 e. The summed E-state index contributed by atoms with van der Waals surface area (Å²) in [6.45, 7) is 0. The normalized spacial score (nSPS) is 12.2. The van der Waals surface area contributed by atoms with Crippen molar-refractivity contribution in [3.63, 3.8) is 0 Å². The number of halogens is 3. The number of hydrogen-bond acceptors (Lipinski definition) is 5. The highest BCUT2D eigenvalue weighted by atomic mass is 32.2. The van der Waals surface area contributed by atoms with Crippen LogP contribution in [0.4, 0.5) is 18.9 Å². The molecule has 1 aromatic carbocycles. The second kappa shape index (κ2) is 4.68. The molecule has 18 heavy (non-hydrogen) atoms. The van der Waals surface area contributed by atoms with E-state index in [1.165, 1.54) is 5.40 Å². The monoisotopic (exact) mass is 297 g/mol. The van der Waals surface area contributed by atoms with Gasteiger partial charge in [-0.05, 0) is 23.9 Å². The van der Waals surface area contributed by atoms with Crippen LogP contribution in [0.5, 0.6) is 0 Å². The van der Waals surface area contributed by atoms with Gasteiger partial charge >= 0.3 is 6.18 Å². The van der Waals surface area contributed by atoms with E-state index < -0.39 is 37.2 Å². The summed E-state index contributed by atoms with van der Waals surface area (Å²) in [7, 11) is -4.25. The van der Waals surface area contributed by atoms with Gasteiger partial charge in [0.15, 0.2) is 0 Å². The van der Waals surface area contributed by atoms with Gasteiger partial charge in [0, 0.05) is 4.90 Å². The van der Waals surface area contributed by atoms with E-state index in [0.717, 1.165) is 0 Å². The lowest BCUT2D eigenvalue weighted by Gasteiger charge is -2.13. The van der Waals surface area contributed by atoms with Crippen LogP contribution in [0.1, 0.15) is 5.56 Å². The molecule has 0 aliphatic heterocycles. The van der Waals surface area contributed by atoms with E-state index in [1.54, 1.807) is 0 Å². The summed E-state index contributed by atoms with van der Waals surface area (Å²) in [5.74, 6) is 0. The molecule has 0 atom stereocenters. The van der Waals surface area contributed by atoms with Crippen molar-refractivity contribution < 1.29 is 21.6 Å². The average molecular weight is 297 g/mol. The molecule has 0 unspecified atom stereocenters. The standard InChI is InChI=1S/C8H6F3N3O2S2/c9-8(10,11)4-1-5(13)7(18(14,15)16)2-6(4)17-3-12/h1-2H,13H2,(H2,14,15,16). The molecule has 0 heterocycles. The summed E-state index contributed by atoms with van der Waals surface area (Å²) in [5.41, 5.74) is 3.42. The fourth-order valence-electron chi connectivity index (χ4n) is 1.18. The SMILES string of the molecule is N#CSc1cc(S(N)(=O)=O)c(N)cc1C(F)(F)F. The molecular formula is C8H6F3N3O2S2. The first kappa shape index (κ1) is 14.6. The summed E-state index contributed by atoms with van der Waals surface area (Å²) in [6.07, 6.45) is -4.75. The van der Waals surface area contributed by atoms with Crippen LogP contribution < -0.4 is 10.9 Å². The maximum Gasteiger partial charge on any atom is 0.417 e. The van der Waals surface area contributed by atoms with Crippen molar-refractivity contribution >= 4 is 27.5 Å². The molecule has 0 aromatic heterocycles. The lowest BCUT2D eigenvalue weighted by atomic mass is 10.2. The molecule has 0 radical (unpaired) electrons. The number of benzene rings is 1. The topological polar surface area (TPSA) is 110 Å². The molecule has 1 rings (SSSR count). The van der Waals surface area contributed by atoms with Gasteiger partial charge in [0.1, 0.15) is 10.3 Å². The molecule has 0 saturated heterocycles. The van der Waals surface area contributed by atoms with Crippen LogP contribution in [0, 0.1) is 10.7 Å². The molecule has 0 fully saturated rings. The minimum atomic E-state index is -4.75. The number of sulfonamides is 1. The first-order valence-electron chi connectivity index (χ1n) is 4.17. The molecule has 0 amide bonds. The smallest absolute Gasteiger partial charge is 0.398 e. The zero-order valence-electron chi connectivity index (χ0n) is 8.52. The molecule has 0 saturated carbocycles. The number of hydrogen-bond donors (Lipinski definition) is 2. The van der Waals surface area contributed by atoms with Crippen molar-refractivity contribution in [2.24, 2.45) is 5.14 Å². The van der Waals surface area contributed by atoms with E-state index in [9.17, 15) is 21.6 Å². The van der Waals surface area contributed by atoms with Crippen molar-refractivity contribution in [2.45, 2.75) is 16.0 Å². The summed E-state index contributed by atoms with van der Waals surface area (Å²) >= 11 is 0.178. The molecule has 4 N–H and O–H groups in total. The molecule has 10 heteroatoms. The maximum absolute atomic E-state index is 12.6. The number of nitriles is 1. The van der Waals surface area contributed by atoms with Gasteiger partial charge in [0.05, 0.1) is 11.3 Å². The van der Waals surface area contributed by atoms with Crippen molar-refractivity contribution in [1.29, 1.82) is 5.26 Å². The van der Waals surface area contributed by atoms with Crippen LogP contribution in [-0.2, 0) is 16.2 Å². The molecule has 5 nitrogen and oxygen atoms in total. The highest BCUT2D eigenvalue weighted by Crippen LogP contribution is 2.39. The predicted octanol–water partition coefficient (Wildman–Crippen LogP) is 1.51. The average Bonchev–Trinajstić information content (AvgIpc) is 2.17. The maximum atomic E-state index is 12.6. The molecule has 1 aromatic rings. The van der Waals surface area contributed by atoms with Crippen LogP contribution in [-0.4, -0.2) is 8.42 Å². The van der Waals surface area contributed by atoms with Crippen LogP contribution in [0.15, 0.2) is 21.9 Å². The van der Waals surface area contributed by atoms with Crippen LogP contribution in [0.25, 0.3) is 0 Å². The fourth-order valence-corrected chi connectivity index (χ4v) is 2.48. The molecule has 98 valence electrons. The van der Waals surface area contributed by atoms with E-state index in [4.69, 9.17) is 16.1 Å². The molecule has 0 bridgehead atoms. The van der Waals surface area contributed by atoms with E-state index in [2.05, 4.69) is 0 Å². The first-order chi connectivity index (χ1) is 8.07. The zero-order valence-corrected chi connectivity index (χ0v) is 10.2. The van der Waals surface area contributed by atoms with Crippen LogP contribution in [0.2, 0.25) is 0 Å². The highest BCUT2D eigenvalue weighted by molar-refractivity contribution is 8.03. The van der Waals surface area contributed by atoms with Crippen LogP contribution >= 0.6 is 11.8 Å². The number of rotatable bonds is 2. The van der Waals surface area contributed by atoms with E-state index in [1.807, 2.05) is 0 Å². The van der Waals surface area contributed by atoms with Gasteiger partial charge in [0.25, 0.3) is 0 Å². The molecule has 0 spiro atoms. The molecule has 0 aliphatic carbocycles. The van der Waals surface area contributed by atoms with Crippen molar-refractivity contribution in [3.8, 4) is 5.40 Å². The van der Waals surface area contributed by atoms with Gasteiger partial charge in [-0.15, -0.1) is 0 Å². The number of nitrogens with zero attached hydrogens (tertiary/aromatic N) is 1. The van der Waals surface area contributed by atoms with E-state index in [-0.39, 0.29) is 11.8 Å². The summed E-state index contributed by atoms with van der Waals surface area (Å²) in [4.78, 5) is -1.21.